The number of hydrogen-bond acceptors (Lipinski definition) is 6. The van der Waals surface area contributed by atoms with Gasteiger partial charge in [-0.3, -0.25) is 9.69 Å². The third-order valence-corrected chi connectivity index (χ3v) is 5.20. The summed E-state index contributed by atoms with van der Waals surface area (Å²) in [6, 6.07) is 7.75. The topological polar surface area (TPSA) is 82.2 Å². The van der Waals surface area contributed by atoms with Gasteiger partial charge in [0.1, 0.15) is 11.4 Å². The zero-order valence-electron chi connectivity index (χ0n) is 18.1. The van der Waals surface area contributed by atoms with E-state index in [9.17, 15) is 18.0 Å². The molecule has 0 unspecified atom stereocenters. The lowest BCUT2D eigenvalue weighted by atomic mass is 10.2. The number of nitrogens with one attached hydrogen (secondary N) is 3. The van der Waals surface area contributed by atoms with Crippen LogP contribution in [0, 0.1) is 0 Å². The zero-order chi connectivity index (χ0) is 23.0. The second-order valence-electron chi connectivity index (χ2n) is 7.88. The maximum Gasteiger partial charge on any atom is 0.421 e. The highest BCUT2D eigenvalue weighted by atomic mass is 19.4. The number of aromatic nitrogens is 2. The molecule has 32 heavy (non-hydrogen) atoms. The highest BCUT2D eigenvalue weighted by Crippen LogP contribution is 2.34. The number of halogens is 3. The summed E-state index contributed by atoms with van der Waals surface area (Å²) in [5.74, 6) is -0.536. The first-order chi connectivity index (χ1) is 15.3. The van der Waals surface area contributed by atoms with Crippen molar-refractivity contribution in [3.63, 3.8) is 0 Å². The molecule has 3 N–H and O–H groups in total. The third-order valence-electron chi connectivity index (χ3n) is 5.20. The fourth-order valence-electron chi connectivity index (χ4n) is 3.58. The van der Waals surface area contributed by atoms with E-state index >= 15 is 0 Å². The number of nitrogens with zero attached hydrogens (tertiary/aromatic N) is 3. The summed E-state index contributed by atoms with van der Waals surface area (Å²) in [5.41, 5.74) is 0.915. The van der Waals surface area contributed by atoms with Crippen LogP contribution >= 0.6 is 0 Å². The molecule has 1 saturated heterocycles. The van der Waals surface area contributed by atoms with Gasteiger partial charge >= 0.3 is 6.18 Å². The quantitative estimate of drug-likeness (QED) is 0.524. The first-order valence-electron chi connectivity index (χ1n) is 10.8. The van der Waals surface area contributed by atoms with Crippen LogP contribution in [0.2, 0.25) is 0 Å². The van der Waals surface area contributed by atoms with Crippen LogP contribution in [0.1, 0.15) is 43.7 Å². The van der Waals surface area contributed by atoms with Crippen molar-refractivity contribution in [3.8, 4) is 0 Å². The number of hydrogen-bond donors (Lipinski definition) is 3. The maximum atomic E-state index is 13.3. The van der Waals surface area contributed by atoms with Gasteiger partial charge in [0.25, 0.3) is 0 Å². The number of carbonyl (C=O) groups excluding carboxylic acids is 1. The van der Waals surface area contributed by atoms with Crippen molar-refractivity contribution >= 4 is 23.4 Å². The van der Waals surface area contributed by atoms with Crippen LogP contribution in [-0.2, 0) is 17.5 Å². The summed E-state index contributed by atoms with van der Waals surface area (Å²) in [6.07, 6.45) is 1.19. The molecule has 1 aliphatic rings. The normalized spacial score (nSPS) is 15.1. The Hall–Kier alpha value is -2.88. The minimum absolute atomic E-state index is 0.0558. The van der Waals surface area contributed by atoms with Crippen LogP contribution in [0.5, 0.6) is 0 Å². The Morgan fingerprint density at radius 2 is 1.75 bits per heavy atom. The molecular formula is C22H29F3N6O. The maximum absolute atomic E-state index is 13.3. The Kier molecular flexibility index (Phi) is 8.26. The molecule has 2 heterocycles. The van der Waals surface area contributed by atoms with Crippen LogP contribution in [0.15, 0.2) is 30.5 Å². The van der Waals surface area contributed by atoms with Gasteiger partial charge < -0.3 is 16.0 Å². The molecule has 2 aromatic rings. The van der Waals surface area contributed by atoms with Crippen LogP contribution in [0.25, 0.3) is 0 Å². The second-order valence-corrected chi connectivity index (χ2v) is 7.88. The van der Waals surface area contributed by atoms with Gasteiger partial charge in [-0.1, -0.05) is 25.0 Å². The Bertz CT molecular complexity index is 880. The molecule has 0 atom stereocenters. The first kappa shape index (κ1) is 23.8. The molecule has 1 aliphatic heterocycles. The minimum atomic E-state index is -4.59. The van der Waals surface area contributed by atoms with Gasteiger partial charge in [0.05, 0.1) is 0 Å². The van der Waals surface area contributed by atoms with E-state index in [1.807, 2.05) is 24.3 Å². The highest BCUT2D eigenvalue weighted by molar-refractivity contribution is 5.72. The summed E-state index contributed by atoms with van der Waals surface area (Å²) in [5, 5.41) is 8.11. The molecule has 1 aromatic heterocycles. The standard InChI is InChI=1S/C22H29F3N6O/c1-16(32)26-10-11-27-20-19(22(23,24)25)14-28-21(30-20)29-18-8-6-17(7-9-18)15-31-12-4-2-3-5-13-31/h6-9,14H,2-5,10-13,15H2,1H3,(H,26,32)(H2,27,28,29,30). The van der Waals surface area contributed by atoms with Crippen molar-refractivity contribution in [2.24, 2.45) is 0 Å². The third kappa shape index (κ3) is 7.37. The molecule has 1 fully saturated rings. The van der Waals surface area contributed by atoms with E-state index in [1.54, 1.807) is 0 Å². The van der Waals surface area contributed by atoms with Crippen LogP contribution in [0.4, 0.5) is 30.6 Å². The molecule has 3 rings (SSSR count). The van der Waals surface area contributed by atoms with E-state index in [0.717, 1.165) is 25.8 Å². The van der Waals surface area contributed by atoms with Gasteiger partial charge in [-0.05, 0) is 43.6 Å². The Morgan fingerprint density at radius 1 is 1.06 bits per heavy atom. The number of rotatable bonds is 8. The number of alkyl halides is 3. The summed E-state index contributed by atoms with van der Waals surface area (Å²) >= 11 is 0. The monoisotopic (exact) mass is 450 g/mol. The lowest BCUT2D eigenvalue weighted by Gasteiger charge is -2.20. The Morgan fingerprint density at radius 3 is 2.38 bits per heavy atom. The highest BCUT2D eigenvalue weighted by Gasteiger charge is 2.35. The van der Waals surface area contributed by atoms with E-state index < -0.39 is 11.7 Å². The summed E-state index contributed by atoms with van der Waals surface area (Å²) in [6.45, 7) is 4.73. The number of benzene rings is 1. The first-order valence-corrected chi connectivity index (χ1v) is 10.8. The predicted molar refractivity (Wildman–Crippen MR) is 118 cm³/mol. The van der Waals surface area contributed by atoms with Crippen molar-refractivity contribution in [2.45, 2.75) is 45.3 Å². The van der Waals surface area contributed by atoms with E-state index in [0.29, 0.717) is 5.69 Å². The SMILES string of the molecule is CC(=O)NCCNc1nc(Nc2ccc(CN3CCCCCC3)cc2)ncc1C(F)(F)F. The van der Waals surface area contributed by atoms with Crippen molar-refractivity contribution in [3.05, 3.63) is 41.6 Å². The Labute approximate surface area is 185 Å². The molecule has 7 nitrogen and oxygen atoms in total. The average molecular weight is 451 g/mol. The molecule has 1 amide bonds. The van der Waals surface area contributed by atoms with E-state index in [-0.39, 0.29) is 30.8 Å². The lowest BCUT2D eigenvalue weighted by Crippen LogP contribution is -2.27. The van der Waals surface area contributed by atoms with Crippen LogP contribution in [-0.4, -0.2) is 47.0 Å². The summed E-state index contributed by atoms with van der Waals surface area (Å²) in [7, 11) is 0. The second kappa shape index (κ2) is 11.1. The van der Waals surface area contributed by atoms with Gasteiger partial charge in [-0.15, -0.1) is 0 Å². The minimum Gasteiger partial charge on any atom is -0.368 e. The number of amides is 1. The molecule has 0 spiro atoms. The lowest BCUT2D eigenvalue weighted by molar-refractivity contribution is -0.137. The molecule has 0 aliphatic carbocycles. The molecule has 0 radical (unpaired) electrons. The van der Waals surface area contributed by atoms with E-state index in [4.69, 9.17) is 0 Å². The van der Waals surface area contributed by atoms with E-state index in [1.165, 1.54) is 38.2 Å². The smallest absolute Gasteiger partial charge is 0.368 e. The van der Waals surface area contributed by atoms with Gasteiger partial charge in [0, 0.05) is 38.4 Å². The van der Waals surface area contributed by atoms with Crippen LogP contribution < -0.4 is 16.0 Å². The molecule has 174 valence electrons. The van der Waals surface area contributed by atoms with Gasteiger partial charge in [-0.25, -0.2) is 4.98 Å². The average Bonchev–Trinajstić information content (AvgIpc) is 3.00. The molecule has 0 bridgehead atoms. The van der Waals surface area contributed by atoms with Crippen molar-refractivity contribution in [1.29, 1.82) is 0 Å². The zero-order valence-corrected chi connectivity index (χ0v) is 18.1. The van der Waals surface area contributed by atoms with E-state index in [2.05, 4.69) is 30.8 Å². The molecule has 0 saturated carbocycles. The van der Waals surface area contributed by atoms with Crippen molar-refractivity contribution in [2.75, 3.05) is 36.8 Å². The molecular weight excluding hydrogens is 421 g/mol. The van der Waals surface area contributed by atoms with Crippen molar-refractivity contribution in [1.82, 2.24) is 20.2 Å². The van der Waals surface area contributed by atoms with Gasteiger partial charge in [0.2, 0.25) is 11.9 Å². The number of likely N-dealkylation sites (tertiary alicyclic amines) is 1. The number of carbonyl (C=O) groups is 1. The van der Waals surface area contributed by atoms with Gasteiger partial charge in [0.15, 0.2) is 0 Å². The molecule has 1 aromatic carbocycles. The van der Waals surface area contributed by atoms with Gasteiger partial charge in [-0.2, -0.15) is 18.2 Å². The number of anilines is 3. The van der Waals surface area contributed by atoms with Crippen molar-refractivity contribution < 1.29 is 18.0 Å². The summed E-state index contributed by atoms with van der Waals surface area (Å²) in [4.78, 5) is 21.2. The predicted octanol–water partition coefficient (Wildman–Crippen LogP) is 4.16. The van der Waals surface area contributed by atoms with Crippen LogP contribution in [0.3, 0.4) is 0 Å². The fourth-order valence-corrected chi connectivity index (χ4v) is 3.58. The fraction of sp³-hybridized carbons (Fsp3) is 0.500. The Balaban J connectivity index is 1.65. The largest absolute Gasteiger partial charge is 0.421 e. The summed E-state index contributed by atoms with van der Waals surface area (Å²) < 4.78 is 39.9. The molecule has 10 heteroatoms.